The number of ether oxygens (including phenoxy) is 2. The van der Waals surface area contributed by atoms with Crippen LogP contribution in [0.5, 0.6) is 0 Å². The molecule has 5 heterocycles. The summed E-state index contributed by atoms with van der Waals surface area (Å²) in [6.07, 6.45) is 6.19. The third-order valence-electron chi connectivity index (χ3n) is 9.36. The number of carbonyl (C=O) groups excluding carboxylic acids is 1. The minimum absolute atomic E-state index is 0.104. The van der Waals surface area contributed by atoms with Gasteiger partial charge in [-0.15, -0.1) is 0 Å². The van der Waals surface area contributed by atoms with Crippen LogP contribution in [0, 0.1) is 18.3 Å². The Balaban J connectivity index is 1.03. The van der Waals surface area contributed by atoms with E-state index in [0.29, 0.717) is 18.2 Å². The normalized spacial score (nSPS) is 31.6. The van der Waals surface area contributed by atoms with Crippen molar-refractivity contribution in [3.63, 3.8) is 0 Å². The zero-order valence-corrected chi connectivity index (χ0v) is 23.1. The number of nitrogens with zero attached hydrogens (tertiary/aromatic N) is 5. The number of piperidine rings is 1. The summed E-state index contributed by atoms with van der Waals surface area (Å²) >= 11 is 0. The third-order valence-corrected chi connectivity index (χ3v) is 9.36. The molecule has 1 aliphatic carbocycles. The maximum absolute atomic E-state index is 12.3. The molecule has 36 heavy (non-hydrogen) atoms. The van der Waals surface area contributed by atoms with Gasteiger partial charge in [0.15, 0.2) is 5.82 Å². The lowest BCUT2D eigenvalue weighted by atomic mass is 9.61. The van der Waals surface area contributed by atoms with Gasteiger partial charge in [-0.3, -0.25) is 9.58 Å². The summed E-state index contributed by atoms with van der Waals surface area (Å²) in [4.78, 5) is 19.4. The number of carbonyl (C=O) groups is 1. The number of hydrogen-bond acceptors (Lipinski definition) is 6. The monoisotopic (exact) mass is 499 g/mol. The van der Waals surface area contributed by atoms with E-state index in [2.05, 4.69) is 41.3 Å². The number of anilines is 1. The molecule has 6 rings (SSSR count). The molecule has 3 atom stereocenters. The molecule has 4 saturated heterocycles. The van der Waals surface area contributed by atoms with Crippen molar-refractivity contribution in [2.45, 2.75) is 103 Å². The molecule has 1 aromatic heterocycles. The fourth-order valence-corrected chi connectivity index (χ4v) is 7.71. The van der Waals surface area contributed by atoms with Crippen LogP contribution < -0.4 is 4.90 Å². The largest absolute Gasteiger partial charge is 0.444 e. The predicted molar refractivity (Wildman–Crippen MR) is 139 cm³/mol. The topological polar surface area (TPSA) is 63.1 Å². The van der Waals surface area contributed by atoms with Crippen molar-refractivity contribution in [3.05, 3.63) is 11.8 Å². The van der Waals surface area contributed by atoms with Gasteiger partial charge < -0.3 is 19.3 Å². The van der Waals surface area contributed by atoms with Crippen molar-refractivity contribution < 1.29 is 14.3 Å². The first-order chi connectivity index (χ1) is 16.9. The molecule has 0 radical (unpaired) electrons. The first kappa shape index (κ1) is 24.5. The number of amides is 1. The highest BCUT2D eigenvalue weighted by molar-refractivity contribution is 5.69. The fraction of sp³-hybridized carbons (Fsp3) is 0.857. The molecule has 200 valence electrons. The first-order valence-electron chi connectivity index (χ1n) is 14.1. The Morgan fingerprint density at radius 3 is 2.56 bits per heavy atom. The van der Waals surface area contributed by atoms with Crippen molar-refractivity contribution in [1.29, 1.82) is 0 Å². The zero-order valence-electron chi connectivity index (χ0n) is 23.1. The van der Waals surface area contributed by atoms with Gasteiger partial charge in [0.05, 0.1) is 18.8 Å². The molecular weight excluding hydrogens is 454 g/mol. The Hall–Kier alpha value is -1.80. The van der Waals surface area contributed by atoms with Gasteiger partial charge in [0.2, 0.25) is 0 Å². The average molecular weight is 500 g/mol. The number of likely N-dealkylation sites (tertiary alicyclic amines) is 2. The van der Waals surface area contributed by atoms with Crippen molar-refractivity contribution in [1.82, 2.24) is 19.6 Å². The number of aromatic nitrogens is 2. The molecule has 1 aromatic rings. The van der Waals surface area contributed by atoms with Crippen LogP contribution in [-0.2, 0) is 9.47 Å². The van der Waals surface area contributed by atoms with E-state index >= 15 is 0 Å². The summed E-state index contributed by atoms with van der Waals surface area (Å²) in [7, 11) is 0. The first-order valence-corrected chi connectivity index (χ1v) is 14.1. The van der Waals surface area contributed by atoms with E-state index in [1.54, 1.807) is 0 Å². The minimum Gasteiger partial charge on any atom is -0.444 e. The molecule has 8 heteroatoms. The Morgan fingerprint density at radius 1 is 1.19 bits per heavy atom. The average Bonchev–Trinajstić information content (AvgIpc) is 3.40. The Labute approximate surface area is 216 Å². The lowest BCUT2D eigenvalue weighted by Gasteiger charge is -2.58. The quantitative estimate of drug-likeness (QED) is 0.618. The molecule has 1 spiro atoms. The maximum Gasteiger partial charge on any atom is 0.410 e. The van der Waals surface area contributed by atoms with E-state index in [0.717, 1.165) is 57.4 Å². The Bertz CT molecular complexity index is 999. The molecule has 2 bridgehead atoms. The fourth-order valence-electron chi connectivity index (χ4n) is 7.71. The lowest BCUT2D eigenvalue weighted by Crippen LogP contribution is -2.64. The van der Waals surface area contributed by atoms with Crippen molar-refractivity contribution >= 4 is 11.9 Å². The van der Waals surface area contributed by atoms with Crippen LogP contribution in [0.1, 0.15) is 78.5 Å². The highest BCUT2D eigenvalue weighted by Crippen LogP contribution is 2.54. The summed E-state index contributed by atoms with van der Waals surface area (Å²) < 4.78 is 13.6. The van der Waals surface area contributed by atoms with Gasteiger partial charge in [-0.1, -0.05) is 0 Å². The van der Waals surface area contributed by atoms with Crippen LogP contribution in [0.2, 0.25) is 0 Å². The van der Waals surface area contributed by atoms with E-state index in [1.165, 1.54) is 31.5 Å². The van der Waals surface area contributed by atoms with E-state index in [4.69, 9.17) is 14.6 Å². The number of rotatable bonds is 4. The number of hydrogen-bond donors (Lipinski definition) is 0. The van der Waals surface area contributed by atoms with Gasteiger partial charge in [0.25, 0.3) is 0 Å². The van der Waals surface area contributed by atoms with Gasteiger partial charge in [0, 0.05) is 61.5 Å². The summed E-state index contributed by atoms with van der Waals surface area (Å²) in [6.45, 7) is 18.8. The SMILES string of the molecule is Cc1cc(N2CCC(CN3C[C@@H]4C[C@H]3CO4)CC2(C)C)nn1C1CC2(C1)CN(C(=O)OC(C)(C)C)C2. The number of aryl methyl sites for hydroxylation is 1. The molecule has 4 aliphatic heterocycles. The summed E-state index contributed by atoms with van der Waals surface area (Å²) in [5.41, 5.74) is 1.18. The molecular formula is C28H45N5O3. The molecule has 5 fully saturated rings. The van der Waals surface area contributed by atoms with Crippen LogP contribution in [0.15, 0.2) is 6.07 Å². The van der Waals surface area contributed by atoms with Gasteiger partial charge in [-0.25, -0.2) is 4.79 Å². The van der Waals surface area contributed by atoms with Crippen LogP contribution in [0.25, 0.3) is 0 Å². The predicted octanol–water partition coefficient (Wildman–Crippen LogP) is 4.23. The van der Waals surface area contributed by atoms with Gasteiger partial charge in [-0.05, 0) is 79.6 Å². The second-order valence-electron chi connectivity index (χ2n) is 14.1. The molecule has 0 N–H and O–H groups in total. The molecule has 1 saturated carbocycles. The molecule has 1 unspecified atom stereocenters. The summed E-state index contributed by atoms with van der Waals surface area (Å²) in [5, 5.41) is 5.15. The van der Waals surface area contributed by atoms with Crippen LogP contribution in [0.3, 0.4) is 0 Å². The van der Waals surface area contributed by atoms with E-state index < -0.39 is 5.60 Å². The van der Waals surface area contributed by atoms with Crippen molar-refractivity contribution in [3.8, 4) is 0 Å². The molecule has 0 aromatic carbocycles. The number of fused-ring (bicyclic) bond motifs is 2. The summed E-state index contributed by atoms with van der Waals surface area (Å²) in [6, 6.07) is 3.39. The number of morpholine rings is 1. The third kappa shape index (κ3) is 4.42. The smallest absolute Gasteiger partial charge is 0.410 e. The van der Waals surface area contributed by atoms with Gasteiger partial charge >= 0.3 is 6.09 Å². The van der Waals surface area contributed by atoms with E-state index in [1.807, 2.05) is 25.7 Å². The molecule has 8 nitrogen and oxygen atoms in total. The highest BCUT2D eigenvalue weighted by atomic mass is 16.6. The Kier molecular flexibility index (Phi) is 5.69. The second kappa shape index (κ2) is 8.35. The van der Waals surface area contributed by atoms with Crippen LogP contribution in [-0.4, -0.2) is 88.3 Å². The minimum atomic E-state index is -0.435. The van der Waals surface area contributed by atoms with Crippen molar-refractivity contribution in [2.24, 2.45) is 11.3 Å². The van der Waals surface area contributed by atoms with E-state index in [-0.39, 0.29) is 17.0 Å². The zero-order chi connectivity index (χ0) is 25.5. The molecule has 5 aliphatic rings. The lowest BCUT2D eigenvalue weighted by molar-refractivity contribution is -0.0930. The van der Waals surface area contributed by atoms with Gasteiger partial charge in [-0.2, -0.15) is 5.10 Å². The highest BCUT2D eigenvalue weighted by Gasteiger charge is 2.55. The second-order valence-corrected chi connectivity index (χ2v) is 14.1. The van der Waals surface area contributed by atoms with Crippen molar-refractivity contribution in [2.75, 3.05) is 44.2 Å². The van der Waals surface area contributed by atoms with Gasteiger partial charge in [0.1, 0.15) is 5.60 Å². The van der Waals surface area contributed by atoms with Crippen LogP contribution in [0.4, 0.5) is 10.6 Å². The van der Waals surface area contributed by atoms with E-state index in [9.17, 15) is 4.79 Å². The standard InChI is InChI=1S/C28H45N5O3/c1-19-9-24(29-33(19)22-12-28(13-22)17-31(18-28)25(34)36-26(2,3)4)32-8-7-20(11-27(32,5)6)14-30-15-23-10-21(30)16-35-23/h9,20-23H,7-8,10-18H2,1-6H3/t20?,21-,23-/m0/s1. The Morgan fingerprint density at radius 2 is 1.94 bits per heavy atom. The van der Waals surface area contributed by atoms with Crippen LogP contribution >= 0.6 is 0 Å². The maximum atomic E-state index is 12.3. The molecule has 1 amide bonds. The summed E-state index contributed by atoms with van der Waals surface area (Å²) in [5.74, 6) is 1.88.